The van der Waals surface area contributed by atoms with Crippen LogP contribution < -0.4 is 0 Å². The average Bonchev–Trinajstić information content (AvgIpc) is 3.27. The summed E-state index contributed by atoms with van der Waals surface area (Å²) in [6.45, 7) is 0.527. The summed E-state index contributed by atoms with van der Waals surface area (Å²) in [5.74, 6) is 0. The molecule has 0 amide bonds. The van der Waals surface area contributed by atoms with E-state index >= 15 is 0 Å². The number of rotatable bonds is 4. The Morgan fingerprint density at radius 2 is 1.85 bits per heavy atom. The molecule has 0 bridgehead atoms. The zero-order chi connectivity index (χ0) is 18.1. The molecule has 134 valence electrons. The van der Waals surface area contributed by atoms with Gasteiger partial charge in [-0.1, -0.05) is 53.0 Å². The van der Waals surface area contributed by atoms with Gasteiger partial charge < -0.3 is 9.47 Å². The molecule has 2 heterocycles. The van der Waals surface area contributed by atoms with Crippen molar-refractivity contribution in [3.63, 3.8) is 0 Å². The lowest BCUT2D eigenvalue weighted by Gasteiger charge is -2.33. The number of aromatic nitrogens is 3. The Balaban J connectivity index is 1.84. The lowest BCUT2D eigenvalue weighted by Crippen LogP contribution is -2.37. The molecule has 0 aliphatic carbocycles. The zero-order valence-electron chi connectivity index (χ0n) is 13.5. The summed E-state index contributed by atoms with van der Waals surface area (Å²) in [5, 5.41) is 5.95. The fourth-order valence-electron chi connectivity index (χ4n) is 3.21. The van der Waals surface area contributed by atoms with Crippen LogP contribution in [0.4, 0.5) is 0 Å². The molecule has 4 rings (SSSR count). The first-order valence-electron chi connectivity index (χ1n) is 7.87. The maximum Gasteiger partial charge on any atom is 0.149 e. The van der Waals surface area contributed by atoms with Crippen molar-refractivity contribution in [3.05, 3.63) is 81.3 Å². The summed E-state index contributed by atoms with van der Waals surface area (Å²) < 4.78 is 13.8. The van der Waals surface area contributed by atoms with Gasteiger partial charge >= 0.3 is 0 Å². The summed E-state index contributed by atoms with van der Waals surface area (Å²) in [4.78, 5) is 4.02. The number of halogens is 3. The van der Waals surface area contributed by atoms with E-state index in [1.807, 2.05) is 30.3 Å². The molecule has 0 spiro atoms. The Hall–Kier alpha value is -1.63. The van der Waals surface area contributed by atoms with Crippen LogP contribution in [0.2, 0.25) is 15.1 Å². The van der Waals surface area contributed by atoms with Crippen LogP contribution in [-0.4, -0.2) is 21.6 Å². The van der Waals surface area contributed by atoms with E-state index in [0.717, 1.165) is 11.1 Å². The first-order chi connectivity index (χ1) is 12.6. The highest BCUT2D eigenvalue weighted by molar-refractivity contribution is 6.35. The largest absolute Gasteiger partial charge is 0.344 e. The minimum absolute atomic E-state index is 0.126. The molecule has 1 aliphatic heterocycles. The second-order valence-corrected chi connectivity index (χ2v) is 7.24. The second kappa shape index (κ2) is 7.18. The van der Waals surface area contributed by atoms with Crippen LogP contribution in [0.3, 0.4) is 0 Å². The topological polar surface area (TPSA) is 49.2 Å². The molecular formula is C18H14Cl3N3O2. The van der Waals surface area contributed by atoms with Gasteiger partial charge in [-0.25, -0.2) is 9.67 Å². The summed E-state index contributed by atoms with van der Waals surface area (Å²) >= 11 is 18.6. The Morgan fingerprint density at radius 3 is 2.54 bits per heavy atom. The van der Waals surface area contributed by atoms with Gasteiger partial charge in [0.05, 0.1) is 6.54 Å². The summed E-state index contributed by atoms with van der Waals surface area (Å²) in [5.41, 5.74) is 0.866. The molecule has 2 atom stereocenters. The van der Waals surface area contributed by atoms with E-state index in [2.05, 4.69) is 10.1 Å². The van der Waals surface area contributed by atoms with Crippen molar-refractivity contribution in [2.75, 3.05) is 6.79 Å². The van der Waals surface area contributed by atoms with E-state index in [9.17, 15) is 0 Å². The molecule has 1 fully saturated rings. The van der Waals surface area contributed by atoms with Crippen LogP contribution in [0.5, 0.6) is 0 Å². The van der Waals surface area contributed by atoms with E-state index < -0.39 is 11.7 Å². The molecule has 5 nitrogen and oxygen atoms in total. The Labute approximate surface area is 165 Å². The van der Waals surface area contributed by atoms with Crippen molar-refractivity contribution >= 4 is 34.8 Å². The van der Waals surface area contributed by atoms with Gasteiger partial charge in [-0.15, -0.1) is 0 Å². The molecule has 2 unspecified atom stereocenters. The molecule has 0 N–H and O–H groups in total. The van der Waals surface area contributed by atoms with Crippen LogP contribution in [0.15, 0.2) is 55.1 Å². The van der Waals surface area contributed by atoms with Gasteiger partial charge in [0.25, 0.3) is 0 Å². The monoisotopic (exact) mass is 409 g/mol. The van der Waals surface area contributed by atoms with Gasteiger partial charge in [-0.2, -0.15) is 5.10 Å². The first kappa shape index (κ1) is 17.8. The van der Waals surface area contributed by atoms with Crippen molar-refractivity contribution in [1.29, 1.82) is 0 Å². The van der Waals surface area contributed by atoms with Gasteiger partial charge in [0.1, 0.15) is 31.2 Å². The number of ether oxygens (including phenoxy) is 2. The summed E-state index contributed by atoms with van der Waals surface area (Å²) in [7, 11) is 0. The van der Waals surface area contributed by atoms with Crippen molar-refractivity contribution in [3.8, 4) is 0 Å². The van der Waals surface area contributed by atoms with E-state index in [0.29, 0.717) is 21.6 Å². The van der Waals surface area contributed by atoms with Crippen molar-refractivity contribution in [2.24, 2.45) is 0 Å². The van der Waals surface area contributed by atoms with Crippen molar-refractivity contribution in [2.45, 2.75) is 18.2 Å². The highest BCUT2D eigenvalue weighted by atomic mass is 35.5. The SMILES string of the molecule is Clc1ccc(C2(Cn3cncn3)OCOC2c2ccc(Cl)cc2Cl)cc1. The second-order valence-electron chi connectivity index (χ2n) is 5.96. The van der Waals surface area contributed by atoms with E-state index in [1.54, 1.807) is 23.1 Å². The third kappa shape index (κ3) is 3.21. The quantitative estimate of drug-likeness (QED) is 0.615. The van der Waals surface area contributed by atoms with Gasteiger partial charge in [-0.05, 0) is 29.8 Å². The third-order valence-corrected chi connectivity index (χ3v) is 5.23. The fourth-order valence-corrected chi connectivity index (χ4v) is 3.85. The summed E-state index contributed by atoms with van der Waals surface area (Å²) in [6.07, 6.45) is 2.67. The molecule has 1 aromatic heterocycles. The van der Waals surface area contributed by atoms with E-state index in [-0.39, 0.29) is 6.79 Å². The van der Waals surface area contributed by atoms with E-state index in [1.165, 1.54) is 6.33 Å². The average molecular weight is 411 g/mol. The molecule has 8 heteroatoms. The summed E-state index contributed by atoms with van der Waals surface area (Å²) in [6, 6.07) is 12.8. The smallest absolute Gasteiger partial charge is 0.149 e. The Morgan fingerprint density at radius 1 is 1.08 bits per heavy atom. The Kier molecular flexibility index (Phi) is 4.90. The predicted molar refractivity (Wildman–Crippen MR) is 99.4 cm³/mol. The maximum absolute atomic E-state index is 6.46. The first-order valence-corrected chi connectivity index (χ1v) is 9.01. The van der Waals surface area contributed by atoms with Gasteiger partial charge in [-0.3, -0.25) is 0 Å². The maximum atomic E-state index is 6.46. The van der Waals surface area contributed by atoms with Crippen LogP contribution in [0, 0.1) is 0 Å². The molecule has 26 heavy (non-hydrogen) atoms. The number of hydrogen-bond acceptors (Lipinski definition) is 4. The predicted octanol–water partition coefficient (Wildman–Crippen LogP) is 4.88. The number of benzene rings is 2. The molecular weight excluding hydrogens is 397 g/mol. The molecule has 1 aliphatic rings. The fraction of sp³-hybridized carbons (Fsp3) is 0.222. The molecule has 0 saturated carbocycles. The third-order valence-electron chi connectivity index (χ3n) is 4.42. The lowest BCUT2D eigenvalue weighted by molar-refractivity contribution is -0.0297. The zero-order valence-corrected chi connectivity index (χ0v) is 15.7. The lowest BCUT2D eigenvalue weighted by atomic mass is 9.84. The van der Waals surface area contributed by atoms with Crippen molar-refractivity contribution in [1.82, 2.24) is 14.8 Å². The molecule has 1 saturated heterocycles. The normalized spacial score (nSPS) is 22.7. The van der Waals surface area contributed by atoms with Gasteiger partial charge in [0.15, 0.2) is 0 Å². The highest BCUT2D eigenvalue weighted by Gasteiger charge is 2.49. The minimum atomic E-state index is -0.838. The molecule has 3 aromatic rings. The van der Waals surface area contributed by atoms with Gasteiger partial charge in [0, 0.05) is 20.6 Å². The molecule has 2 aromatic carbocycles. The number of nitrogens with zero attached hydrogens (tertiary/aromatic N) is 3. The van der Waals surface area contributed by atoms with Crippen LogP contribution in [0.25, 0.3) is 0 Å². The minimum Gasteiger partial charge on any atom is -0.344 e. The van der Waals surface area contributed by atoms with Crippen LogP contribution >= 0.6 is 34.8 Å². The van der Waals surface area contributed by atoms with Crippen LogP contribution in [-0.2, 0) is 21.6 Å². The van der Waals surface area contributed by atoms with Crippen molar-refractivity contribution < 1.29 is 9.47 Å². The Bertz CT molecular complexity index is 903. The standard InChI is InChI=1S/C18H14Cl3N3O2/c19-13-3-1-12(2-4-13)18(8-24-10-22-9-23-24)17(25-11-26-18)15-6-5-14(20)7-16(15)21/h1-7,9-10,17H,8,11H2. The van der Waals surface area contributed by atoms with Gasteiger partial charge in [0.2, 0.25) is 0 Å². The number of hydrogen-bond donors (Lipinski definition) is 0. The molecule has 0 radical (unpaired) electrons. The van der Waals surface area contributed by atoms with Crippen LogP contribution in [0.1, 0.15) is 17.2 Å². The highest BCUT2D eigenvalue weighted by Crippen LogP contribution is 2.48. The van der Waals surface area contributed by atoms with E-state index in [4.69, 9.17) is 44.3 Å².